The van der Waals surface area contributed by atoms with Crippen LogP contribution in [0.2, 0.25) is 0 Å². The van der Waals surface area contributed by atoms with Gasteiger partial charge in [-0.2, -0.15) is 8.42 Å². The van der Waals surface area contributed by atoms with E-state index in [1.807, 2.05) is 20.8 Å². The van der Waals surface area contributed by atoms with E-state index >= 15 is 0 Å². The molecule has 1 aromatic carbocycles. The second-order valence-electron chi connectivity index (χ2n) is 5.85. The van der Waals surface area contributed by atoms with Gasteiger partial charge in [0.2, 0.25) is 0 Å². The molecule has 0 saturated carbocycles. The van der Waals surface area contributed by atoms with Crippen molar-refractivity contribution >= 4 is 10.1 Å². The number of ether oxygens (including phenoxy) is 1. The van der Waals surface area contributed by atoms with Gasteiger partial charge in [0.05, 0.1) is 0 Å². The normalized spacial score (nSPS) is 17.8. The van der Waals surface area contributed by atoms with Gasteiger partial charge >= 0.3 is 0 Å². The lowest BCUT2D eigenvalue weighted by molar-refractivity contribution is 0.0829. The summed E-state index contributed by atoms with van der Waals surface area (Å²) >= 11 is 0. The van der Waals surface area contributed by atoms with Gasteiger partial charge in [0.15, 0.2) is 0 Å². The highest BCUT2D eigenvalue weighted by molar-refractivity contribution is 7.86. The maximum Gasteiger partial charge on any atom is 0.295 e. The van der Waals surface area contributed by atoms with E-state index in [1.165, 1.54) is 0 Å². The van der Waals surface area contributed by atoms with E-state index in [1.54, 1.807) is 13.8 Å². The quantitative estimate of drug-likeness (QED) is 0.805. The first-order valence-electron chi connectivity index (χ1n) is 6.34. The SMILES string of the molecule is Cc1c(C)c(S(=O)(=O)O)c(C)c2c1CCC(C)(C)O2. The van der Waals surface area contributed by atoms with Crippen LogP contribution in [-0.4, -0.2) is 18.6 Å². The Bertz CT molecular complexity index is 642. The first-order valence-corrected chi connectivity index (χ1v) is 7.78. The van der Waals surface area contributed by atoms with E-state index in [2.05, 4.69) is 0 Å². The first kappa shape index (κ1) is 14.3. The van der Waals surface area contributed by atoms with Crippen LogP contribution in [0.25, 0.3) is 0 Å². The molecule has 0 spiro atoms. The molecule has 4 nitrogen and oxygen atoms in total. The van der Waals surface area contributed by atoms with Gasteiger partial charge < -0.3 is 4.74 Å². The standard InChI is InChI=1S/C14H20O4S/c1-8-9(2)13(19(15,16)17)10(3)12-11(8)6-7-14(4,5)18-12/h6-7H2,1-5H3,(H,15,16,17). The van der Waals surface area contributed by atoms with E-state index in [4.69, 9.17) is 4.74 Å². The average Bonchev–Trinajstić information content (AvgIpc) is 2.23. The Morgan fingerprint density at radius 2 is 1.68 bits per heavy atom. The van der Waals surface area contributed by atoms with E-state index in [-0.39, 0.29) is 10.5 Å². The van der Waals surface area contributed by atoms with Crippen LogP contribution >= 0.6 is 0 Å². The van der Waals surface area contributed by atoms with E-state index in [9.17, 15) is 13.0 Å². The Hall–Kier alpha value is -1.07. The molecular weight excluding hydrogens is 264 g/mol. The van der Waals surface area contributed by atoms with Gasteiger partial charge in [0.25, 0.3) is 10.1 Å². The molecule has 0 unspecified atom stereocenters. The minimum absolute atomic E-state index is 0.0125. The second-order valence-corrected chi connectivity index (χ2v) is 7.21. The number of fused-ring (bicyclic) bond motifs is 1. The summed E-state index contributed by atoms with van der Waals surface area (Å²) in [5, 5.41) is 0. The van der Waals surface area contributed by atoms with Crippen LogP contribution in [0.4, 0.5) is 0 Å². The van der Waals surface area contributed by atoms with Crippen LogP contribution in [0.5, 0.6) is 5.75 Å². The number of hydrogen-bond acceptors (Lipinski definition) is 3. The largest absolute Gasteiger partial charge is 0.487 e. The molecule has 1 aliphatic rings. The van der Waals surface area contributed by atoms with Crippen molar-refractivity contribution in [1.29, 1.82) is 0 Å². The summed E-state index contributed by atoms with van der Waals surface area (Å²) in [6.07, 6.45) is 1.76. The lowest BCUT2D eigenvalue weighted by Gasteiger charge is -2.35. The van der Waals surface area contributed by atoms with Crippen LogP contribution < -0.4 is 4.74 Å². The number of benzene rings is 1. The van der Waals surface area contributed by atoms with Gasteiger partial charge in [0, 0.05) is 5.56 Å². The zero-order valence-corrected chi connectivity index (χ0v) is 12.8. The molecule has 0 radical (unpaired) electrons. The molecule has 1 N–H and O–H groups in total. The highest BCUT2D eigenvalue weighted by atomic mass is 32.2. The fourth-order valence-corrected chi connectivity index (χ4v) is 3.78. The zero-order valence-electron chi connectivity index (χ0n) is 12.0. The molecular formula is C14H20O4S. The van der Waals surface area contributed by atoms with Crippen molar-refractivity contribution in [3.05, 3.63) is 22.3 Å². The van der Waals surface area contributed by atoms with Gasteiger partial charge in [-0.15, -0.1) is 0 Å². The van der Waals surface area contributed by atoms with Crippen molar-refractivity contribution in [3.8, 4) is 5.75 Å². The molecule has 1 aromatic rings. The Labute approximate surface area is 114 Å². The van der Waals surface area contributed by atoms with Crippen molar-refractivity contribution in [1.82, 2.24) is 0 Å². The van der Waals surface area contributed by atoms with E-state index < -0.39 is 10.1 Å². The Morgan fingerprint density at radius 3 is 2.21 bits per heavy atom. The molecule has 1 aliphatic heterocycles. The smallest absolute Gasteiger partial charge is 0.295 e. The van der Waals surface area contributed by atoms with Crippen molar-refractivity contribution in [2.75, 3.05) is 0 Å². The minimum Gasteiger partial charge on any atom is -0.487 e. The van der Waals surface area contributed by atoms with Crippen LogP contribution in [0, 0.1) is 20.8 Å². The summed E-state index contributed by atoms with van der Waals surface area (Å²) in [4.78, 5) is -0.0125. The van der Waals surface area contributed by atoms with Crippen molar-refractivity contribution < 1.29 is 17.7 Å². The van der Waals surface area contributed by atoms with E-state index in [0.717, 1.165) is 24.0 Å². The van der Waals surface area contributed by atoms with Gasteiger partial charge in [-0.1, -0.05) is 0 Å². The summed E-state index contributed by atoms with van der Waals surface area (Å²) in [5.41, 5.74) is 2.76. The lowest BCUT2D eigenvalue weighted by atomic mass is 9.88. The van der Waals surface area contributed by atoms with Crippen LogP contribution in [0.1, 0.15) is 42.5 Å². The number of hydrogen-bond donors (Lipinski definition) is 1. The summed E-state index contributed by atoms with van der Waals surface area (Å²) in [6, 6.07) is 0. The zero-order chi connectivity index (χ0) is 14.6. The molecule has 0 aliphatic carbocycles. The van der Waals surface area contributed by atoms with Gasteiger partial charge in [-0.05, 0) is 64.2 Å². The molecule has 0 aromatic heterocycles. The third-order valence-corrected chi connectivity index (χ3v) is 5.05. The maximum atomic E-state index is 11.6. The summed E-state index contributed by atoms with van der Waals surface area (Å²) in [6.45, 7) is 9.26. The first-order chi connectivity index (χ1) is 8.54. The fraction of sp³-hybridized carbons (Fsp3) is 0.571. The summed E-state index contributed by atoms with van der Waals surface area (Å²) in [7, 11) is -4.24. The molecule has 0 bridgehead atoms. The van der Waals surface area contributed by atoms with Crippen LogP contribution in [-0.2, 0) is 16.5 Å². The second kappa shape index (κ2) is 4.21. The van der Waals surface area contributed by atoms with Crippen molar-refractivity contribution in [2.24, 2.45) is 0 Å². The van der Waals surface area contributed by atoms with Gasteiger partial charge in [0.1, 0.15) is 16.2 Å². The molecule has 0 fully saturated rings. The molecule has 2 rings (SSSR count). The molecule has 0 saturated heterocycles. The van der Waals surface area contributed by atoms with Crippen molar-refractivity contribution in [2.45, 2.75) is 58.0 Å². The lowest BCUT2D eigenvalue weighted by Crippen LogP contribution is -2.33. The van der Waals surface area contributed by atoms with Crippen molar-refractivity contribution in [3.63, 3.8) is 0 Å². The third kappa shape index (κ3) is 2.37. The Kier molecular flexibility index (Phi) is 3.18. The van der Waals surface area contributed by atoms with Gasteiger partial charge in [-0.3, -0.25) is 4.55 Å². The summed E-state index contributed by atoms with van der Waals surface area (Å²) < 4.78 is 38.5. The average molecular weight is 284 g/mol. The monoisotopic (exact) mass is 284 g/mol. The van der Waals surface area contributed by atoms with E-state index in [0.29, 0.717) is 16.9 Å². The molecule has 5 heteroatoms. The highest BCUT2D eigenvalue weighted by Crippen LogP contribution is 2.42. The molecule has 0 atom stereocenters. The van der Waals surface area contributed by atoms with Gasteiger partial charge in [-0.25, -0.2) is 0 Å². The molecule has 0 amide bonds. The summed E-state index contributed by atoms with van der Waals surface area (Å²) in [5.74, 6) is 0.618. The minimum atomic E-state index is -4.24. The molecule has 1 heterocycles. The van der Waals surface area contributed by atoms with Crippen LogP contribution in [0.3, 0.4) is 0 Å². The topological polar surface area (TPSA) is 63.6 Å². The Morgan fingerprint density at radius 1 is 1.11 bits per heavy atom. The predicted octanol–water partition coefficient (Wildman–Crippen LogP) is 2.96. The predicted molar refractivity (Wildman–Crippen MR) is 73.5 cm³/mol. The molecule has 19 heavy (non-hydrogen) atoms. The van der Waals surface area contributed by atoms with Crippen LogP contribution in [0.15, 0.2) is 4.90 Å². The third-order valence-electron chi connectivity index (χ3n) is 3.92. The Balaban J connectivity index is 2.80. The highest BCUT2D eigenvalue weighted by Gasteiger charge is 2.32. The molecule has 106 valence electrons. The fourth-order valence-electron chi connectivity index (χ4n) is 2.76. The number of rotatable bonds is 1. The maximum absolute atomic E-state index is 11.6.